The Hall–Kier alpha value is -4.39. The van der Waals surface area contributed by atoms with Crippen LogP contribution < -0.4 is 9.64 Å². The van der Waals surface area contributed by atoms with Crippen LogP contribution in [0, 0.1) is 5.92 Å². The Morgan fingerprint density at radius 1 is 0.872 bits per heavy atom. The lowest BCUT2D eigenvalue weighted by molar-refractivity contribution is -0.124. The van der Waals surface area contributed by atoms with Crippen molar-refractivity contribution in [2.24, 2.45) is 5.92 Å². The minimum Gasteiger partial charge on any atom is -0.410 e. The van der Waals surface area contributed by atoms with E-state index in [-0.39, 0.29) is 30.0 Å². The number of ether oxygens (including phenoxy) is 1. The number of imidazole rings is 1. The lowest BCUT2D eigenvalue weighted by Crippen LogP contribution is -2.44. The van der Waals surface area contributed by atoms with Gasteiger partial charge in [0, 0.05) is 36.5 Å². The highest BCUT2D eigenvalue weighted by Gasteiger charge is 2.35. The Balaban J connectivity index is 1.28. The van der Waals surface area contributed by atoms with Crippen molar-refractivity contribution in [3.05, 3.63) is 103 Å². The number of carbonyl (C=O) groups excluding carboxylic acids is 2. The van der Waals surface area contributed by atoms with Crippen LogP contribution in [-0.4, -0.2) is 40.0 Å². The summed E-state index contributed by atoms with van der Waals surface area (Å²) in [5.74, 6) is 1.22. The average Bonchev–Trinajstić information content (AvgIpc) is 3.49. The number of para-hydroxylation sites is 2. The monoisotopic (exact) mass is 522 g/mol. The van der Waals surface area contributed by atoms with Crippen LogP contribution in [0.2, 0.25) is 0 Å². The van der Waals surface area contributed by atoms with Crippen LogP contribution >= 0.6 is 0 Å². The van der Waals surface area contributed by atoms with E-state index in [1.54, 1.807) is 24.1 Å². The molecule has 2 amide bonds. The van der Waals surface area contributed by atoms with E-state index in [0.29, 0.717) is 18.6 Å². The largest absolute Gasteiger partial charge is 0.415 e. The van der Waals surface area contributed by atoms with Gasteiger partial charge in [-0.05, 0) is 56.9 Å². The van der Waals surface area contributed by atoms with Crippen LogP contribution in [0.15, 0.2) is 97.2 Å². The number of hydrogen-bond donors (Lipinski definition) is 1. The van der Waals surface area contributed by atoms with E-state index in [4.69, 9.17) is 9.72 Å². The zero-order valence-electron chi connectivity index (χ0n) is 22.4. The molecule has 1 heterocycles. The van der Waals surface area contributed by atoms with Gasteiger partial charge in [-0.2, -0.15) is 0 Å². The molecule has 1 unspecified atom stereocenters. The van der Waals surface area contributed by atoms with Crippen molar-refractivity contribution < 1.29 is 14.3 Å². The average molecular weight is 523 g/mol. The van der Waals surface area contributed by atoms with Gasteiger partial charge < -0.3 is 19.5 Å². The number of nitrogens with one attached hydrogen (secondary N) is 1. The topological polar surface area (TPSA) is 78.5 Å². The van der Waals surface area contributed by atoms with Crippen molar-refractivity contribution in [3.8, 4) is 17.0 Å². The molecule has 1 N–H and O–H groups in total. The maximum atomic E-state index is 14.0. The lowest BCUT2D eigenvalue weighted by atomic mass is 9.84. The fourth-order valence-corrected chi connectivity index (χ4v) is 5.28. The Labute approximate surface area is 229 Å². The van der Waals surface area contributed by atoms with Crippen LogP contribution in [0.4, 0.5) is 10.5 Å². The third-order valence-corrected chi connectivity index (χ3v) is 7.55. The van der Waals surface area contributed by atoms with E-state index < -0.39 is 0 Å². The summed E-state index contributed by atoms with van der Waals surface area (Å²) in [6, 6.07) is 28.6. The Kier molecular flexibility index (Phi) is 8.06. The second-order valence-electron chi connectivity index (χ2n) is 10.1. The Bertz CT molecular complexity index is 1370. The highest BCUT2D eigenvalue weighted by Crippen LogP contribution is 2.34. The molecular formula is C32H34N4O3. The first-order chi connectivity index (χ1) is 19.0. The Morgan fingerprint density at radius 3 is 2.10 bits per heavy atom. The summed E-state index contributed by atoms with van der Waals surface area (Å²) in [6.07, 6.45) is 4.41. The number of anilines is 1. The molecule has 4 aromatic rings. The smallest absolute Gasteiger partial charge is 0.410 e. The number of benzene rings is 3. The molecule has 39 heavy (non-hydrogen) atoms. The minimum absolute atomic E-state index is 0.0337. The molecule has 0 aliphatic heterocycles. The molecule has 0 saturated heterocycles. The first-order valence-electron chi connectivity index (χ1n) is 13.5. The molecule has 0 bridgehead atoms. The van der Waals surface area contributed by atoms with E-state index in [1.807, 2.05) is 96.9 Å². The zero-order valence-corrected chi connectivity index (χ0v) is 22.4. The van der Waals surface area contributed by atoms with Crippen molar-refractivity contribution in [3.63, 3.8) is 0 Å². The SMILES string of the molecule is CC(c1nc(-c2ccccc2)c[nH]1)N(C(=O)C1CCC(N(C)C(=O)Oc2ccccc2)CC1)c1ccccc1. The fourth-order valence-electron chi connectivity index (χ4n) is 5.28. The molecule has 5 rings (SSSR count). The number of rotatable bonds is 7. The molecule has 0 spiro atoms. The van der Waals surface area contributed by atoms with E-state index in [9.17, 15) is 9.59 Å². The molecule has 1 aliphatic rings. The van der Waals surface area contributed by atoms with Crippen molar-refractivity contribution in [1.29, 1.82) is 0 Å². The number of hydrogen-bond acceptors (Lipinski definition) is 4. The minimum atomic E-state index is -0.373. The van der Waals surface area contributed by atoms with Gasteiger partial charge in [0.2, 0.25) is 5.91 Å². The molecule has 1 atom stereocenters. The van der Waals surface area contributed by atoms with Crippen LogP contribution in [0.3, 0.4) is 0 Å². The summed E-state index contributed by atoms with van der Waals surface area (Å²) in [7, 11) is 1.78. The number of carbonyl (C=O) groups is 2. The maximum absolute atomic E-state index is 14.0. The summed E-state index contributed by atoms with van der Waals surface area (Å²) in [5.41, 5.74) is 2.72. The fraction of sp³-hybridized carbons (Fsp3) is 0.281. The predicted octanol–water partition coefficient (Wildman–Crippen LogP) is 6.86. The van der Waals surface area contributed by atoms with Gasteiger partial charge in [-0.25, -0.2) is 9.78 Å². The van der Waals surface area contributed by atoms with Crippen LogP contribution in [0.5, 0.6) is 5.75 Å². The summed E-state index contributed by atoms with van der Waals surface area (Å²) >= 11 is 0. The van der Waals surface area contributed by atoms with E-state index in [0.717, 1.165) is 35.6 Å². The number of aromatic nitrogens is 2. The van der Waals surface area contributed by atoms with Crippen molar-refractivity contribution >= 4 is 17.7 Å². The van der Waals surface area contributed by atoms with E-state index in [2.05, 4.69) is 4.98 Å². The molecule has 0 radical (unpaired) electrons. The van der Waals surface area contributed by atoms with Crippen LogP contribution in [-0.2, 0) is 4.79 Å². The second kappa shape index (κ2) is 12.0. The van der Waals surface area contributed by atoms with E-state index in [1.165, 1.54) is 0 Å². The molecule has 7 nitrogen and oxygen atoms in total. The number of nitrogens with zero attached hydrogens (tertiary/aromatic N) is 3. The van der Waals surface area contributed by atoms with E-state index >= 15 is 0 Å². The highest BCUT2D eigenvalue weighted by molar-refractivity contribution is 5.95. The van der Waals surface area contributed by atoms with Crippen LogP contribution in [0.1, 0.15) is 44.5 Å². The molecule has 200 valence electrons. The van der Waals surface area contributed by atoms with Gasteiger partial charge in [0.1, 0.15) is 11.6 Å². The molecule has 1 fully saturated rings. The Morgan fingerprint density at radius 2 is 1.46 bits per heavy atom. The first kappa shape index (κ1) is 26.2. The van der Waals surface area contributed by atoms with Crippen molar-refractivity contribution in [2.75, 3.05) is 11.9 Å². The summed E-state index contributed by atoms with van der Waals surface area (Å²) in [5, 5.41) is 0. The van der Waals surface area contributed by atoms with Crippen molar-refractivity contribution in [2.45, 2.75) is 44.7 Å². The first-order valence-corrected chi connectivity index (χ1v) is 13.5. The number of H-pyrrole nitrogens is 1. The highest BCUT2D eigenvalue weighted by atomic mass is 16.6. The van der Waals surface area contributed by atoms with Gasteiger partial charge in [-0.1, -0.05) is 66.7 Å². The third-order valence-electron chi connectivity index (χ3n) is 7.55. The van der Waals surface area contributed by atoms with Gasteiger partial charge in [0.15, 0.2) is 0 Å². The second-order valence-corrected chi connectivity index (χ2v) is 10.1. The van der Waals surface area contributed by atoms with Gasteiger partial charge in [-0.3, -0.25) is 4.79 Å². The summed E-state index contributed by atoms with van der Waals surface area (Å²) < 4.78 is 5.52. The third kappa shape index (κ3) is 6.03. The number of amides is 2. The molecule has 1 saturated carbocycles. The number of aromatic amines is 1. The standard InChI is InChI=1S/C32H34N4O3/c1-23(30-33-22-29(34-30)24-12-6-3-7-13-24)36(27-14-8-4-9-15-27)31(37)25-18-20-26(21-19-25)35(2)32(38)39-28-16-10-5-11-17-28/h3-17,22-23,25-26H,18-21H2,1-2H3,(H,33,34). The maximum Gasteiger partial charge on any atom is 0.415 e. The molecule has 3 aromatic carbocycles. The molecule has 1 aromatic heterocycles. The van der Waals surface area contributed by atoms with Gasteiger partial charge in [-0.15, -0.1) is 0 Å². The molecular weight excluding hydrogens is 488 g/mol. The summed E-state index contributed by atoms with van der Waals surface area (Å²) in [4.78, 5) is 38.4. The van der Waals surface area contributed by atoms with Gasteiger partial charge in [0.25, 0.3) is 0 Å². The normalized spacial score (nSPS) is 17.7. The molecule has 7 heteroatoms. The van der Waals surface area contributed by atoms with Crippen LogP contribution in [0.25, 0.3) is 11.3 Å². The quantitative estimate of drug-likeness (QED) is 0.288. The lowest BCUT2D eigenvalue weighted by Gasteiger charge is -2.37. The van der Waals surface area contributed by atoms with Gasteiger partial charge >= 0.3 is 6.09 Å². The summed E-state index contributed by atoms with van der Waals surface area (Å²) in [6.45, 7) is 2.01. The van der Waals surface area contributed by atoms with Gasteiger partial charge in [0.05, 0.1) is 11.7 Å². The molecule has 1 aliphatic carbocycles. The zero-order chi connectivity index (χ0) is 27.2. The van der Waals surface area contributed by atoms with Crippen molar-refractivity contribution in [1.82, 2.24) is 14.9 Å². The predicted molar refractivity (Wildman–Crippen MR) is 152 cm³/mol.